The number of anilines is 1. The van der Waals surface area contributed by atoms with Crippen molar-refractivity contribution in [2.75, 3.05) is 4.90 Å². The van der Waals surface area contributed by atoms with Gasteiger partial charge in [0.1, 0.15) is 5.57 Å². The maximum absolute atomic E-state index is 13.2. The number of carbonyl (C=O) groups excluding carboxylic acids is 2. The predicted octanol–water partition coefficient (Wildman–Crippen LogP) is 4.89. The van der Waals surface area contributed by atoms with Crippen molar-refractivity contribution in [2.24, 2.45) is 0 Å². The SMILES string of the molecule is Cc1cccc(-n2c(C)cc(/C=C3\C(=O)NC(=S)N(c4cccc(Cl)c4)C3=O)c2C)c1. The lowest BCUT2D eigenvalue weighted by atomic mass is 10.1. The van der Waals surface area contributed by atoms with Gasteiger partial charge in [0.25, 0.3) is 11.8 Å². The summed E-state index contributed by atoms with van der Waals surface area (Å²) in [5.41, 5.74) is 5.41. The van der Waals surface area contributed by atoms with E-state index < -0.39 is 11.8 Å². The average molecular weight is 450 g/mol. The zero-order chi connectivity index (χ0) is 22.3. The minimum atomic E-state index is -0.520. The molecule has 7 heteroatoms. The molecule has 0 atom stereocenters. The molecule has 0 aliphatic carbocycles. The molecule has 5 nitrogen and oxygen atoms in total. The fourth-order valence-corrected chi connectivity index (χ4v) is 4.23. The minimum Gasteiger partial charge on any atom is -0.318 e. The largest absolute Gasteiger partial charge is 0.318 e. The lowest BCUT2D eigenvalue weighted by Crippen LogP contribution is -2.54. The van der Waals surface area contributed by atoms with E-state index >= 15 is 0 Å². The predicted molar refractivity (Wildman–Crippen MR) is 128 cm³/mol. The summed E-state index contributed by atoms with van der Waals surface area (Å²) in [4.78, 5) is 27.2. The van der Waals surface area contributed by atoms with Crippen LogP contribution in [-0.2, 0) is 9.59 Å². The van der Waals surface area contributed by atoms with Crippen LogP contribution in [0.5, 0.6) is 0 Å². The van der Waals surface area contributed by atoms with Crippen molar-refractivity contribution >= 4 is 52.5 Å². The lowest BCUT2D eigenvalue weighted by Gasteiger charge is -2.29. The fourth-order valence-electron chi connectivity index (χ4n) is 3.76. The van der Waals surface area contributed by atoms with Crippen molar-refractivity contribution in [1.82, 2.24) is 9.88 Å². The highest BCUT2D eigenvalue weighted by molar-refractivity contribution is 7.80. The Morgan fingerprint density at radius 3 is 2.39 bits per heavy atom. The molecule has 1 aliphatic heterocycles. The highest BCUT2D eigenvalue weighted by atomic mass is 35.5. The number of nitrogens with zero attached hydrogens (tertiary/aromatic N) is 2. The van der Waals surface area contributed by atoms with Gasteiger partial charge in [-0.3, -0.25) is 19.8 Å². The Balaban J connectivity index is 1.77. The zero-order valence-corrected chi connectivity index (χ0v) is 18.8. The Labute approximate surface area is 190 Å². The van der Waals surface area contributed by atoms with Crippen molar-refractivity contribution in [1.29, 1.82) is 0 Å². The van der Waals surface area contributed by atoms with Crippen molar-refractivity contribution in [3.8, 4) is 5.69 Å². The van der Waals surface area contributed by atoms with Crippen LogP contribution in [0.1, 0.15) is 22.5 Å². The Kier molecular flexibility index (Phi) is 5.52. The number of nitrogens with one attached hydrogen (secondary N) is 1. The van der Waals surface area contributed by atoms with Crippen LogP contribution in [-0.4, -0.2) is 21.5 Å². The van der Waals surface area contributed by atoms with Crippen molar-refractivity contribution in [2.45, 2.75) is 20.8 Å². The van der Waals surface area contributed by atoms with Crippen LogP contribution in [0, 0.1) is 20.8 Å². The molecule has 0 saturated carbocycles. The van der Waals surface area contributed by atoms with Crippen LogP contribution in [0.2, 0.25) is 5.02 Å². The Morgan fingerprint density at radius 1 is 0.968 bits per heavy atom. The molecule has 1 aromatic heterocycles. The molecule has 156 valence electrons. The van der Waals surface area contributed by atoms with E-state index in [-0.39, 0.29) is 10.7 Å². The van der Waals surface area contributed by atoms with Crippen LogP contribution in [0.25, 0.3) is 11.8 Å². The third-order valence-corrected chi connectivity index (χ3v) is 5.72. The van der Waals surface area contributed by atoms with Gasteiger partial charge in [-0.15, -0.1) is 0 Å². The van der Waals surface area contributed by atoms with Crippen molar-refractivity contribution in [3.63, 3.8) is 0 Å². The van der Waals surface area contributed by atoms with E-state index in [0.29, 0.717) is 10.7 Å². The second-order valence-electron chi connectivity index (χ2n) is 7.44. The molecule has 1 fully saturated rings. The molecule has 1 saturated heterocycles. The van der Waals surface area contributed by atoms with Crippen LogP contribution >= 0.6 is 23.8 Å². The molecule has 2 amide bonds. The van der Waals surface area contributed by atoms with Gasteiger partial charge in [-0.2, -0.15) is 0 Å². The van der Waals surface area contributed by atoms with E-state index in [9.17, 15) is 9.59 Å². The number of benzene rings is 2. The number of carbonyl (C=O) groups is 2. The highest BCUT2D eigenvalue weighted by Crippen LogP contribution is 2.27. The number of thiocarbonyl (C=S) groups is 1. The standard InChI is InChI=1S/C24H20ClN3O2S/c1-14-6-4-8-19(10-14)27-15(2)11-17(16(27)3)12-21-22(29)26-24(31)28(23(21)30)20-9-5-7-18(25)13-20/h4-13H,1-3H3,(H,26,29,31)/b21-12+. The van der Waals surface area contributed by atoms with E-state index in [1.54, 1.807) is 30.3 Å². The van der Waals surface area contributed by atoms with Gasteiger partial charge in [0, 0.05) is 22.1 Å². The Bertz CT molecular complexity index is 1280. The van der Waals surface area contributed by atoms with Crippen molar-refractivity contribution < 1.29 is 9.59 Å². The van der Waals surface area contributed by atoms with Crippen LogP contribution in [0.3, 0.4) is 0 Å². The quantitative estimate of drug-likeness (QED) is 0.352. The number of aromatic nitrogens is 1. The van der Waals surface area contributed by atoms with E-state index in [4.69, 9.17) is 23.8 Å². The van der Waals surface area contributed by atoms with Gasteiger partial charge in [-0.05, 0) is 86.6 Å². The minimum absolute atomic E-state index is 0.0121. The number of amides is 2. The summed E-state index contributed by atoms with van der Waals surface area (Å²) in [6.07, 6.45) is 1.62. The van der Waals surface area contributed by atoms with E-state index in [2.05, 4.69) is 16.0 Å². The maximum atomic E-state index is 13.2. The topological polar surface area (TPSA) is 54.3 Å². The second-order valence-corrected chi connectivity index (χ2v) is 8.26. The number of halogens is 1. The first kappa shape index (κ1) is 21.0. The molecule has 0 radical (unpaired) electrons. The summed E-state index contributed by atoms with van der Waals surface area (Å²) in [5.74, 6) is -1.01. The van der Waals surface area contributed by atoms with Gasteiger partial charge in [0.05, 0.1) is 5.69 Å². The highest BCUT2D eigenvalue weighted by Gasteiger charge is 2.34. The molecule has 1 N–H and O–H groups in total. The molecular weight excluding hydrogens is 430 g/mol. The summed E-state index contributed by atoms with van der Waals surface area (Å²) in [6, 6.07) is 16.9. The fraction of sp³-hybridized carbons (Fsp3) is 0.125. The molecular formula is C24H20ClN3O2S. The first-order chi connectivity index (χ1) is 14.8. The van der Waals surface area contributed by atoms with Gasteiger partial charge < -0.3 is 4.57 Å². The summed E-state index contributed by atoms with van der Waals surface area (Å²) >= 11 is 11.3. The van der Waals surface area contributed by atoms with Gasteiger partial charge in [0.15, 0.2) is 5.11 Å². The van der Waals surface area contributed by atoms with Gasteiger partial charge in [-0.1, -0.05) is 29.8 Å². The maximum Gasteiger partial charge on any atom is 0.270 e. The molecule has 0 unspecified atom stereocenters. The number of rotatable bonds is 3. The smallest absolute Gasteiger partial charge is 0.270 e. The molecule has 4 rings (SSSR count). The van der Waals surface area contributed by atoms with E-state index in [0.717, 1.165) is 28.2 Å². The van der Waals surface area contributed by atoms with Gasteiger partial charge in [0.2, 0.25) is 0 Å². The van der Waals surface area contributed by atoms with Crippen LogP contribution < -0.4 is 10.2 Å². The first-order valence-electron chi connectivity index (χ1n) is 9.69. The molecule has 0 spiro atoms. The molecule has 1 aliphatic rings. The summed E-state index contributed by atoms with van der Waals surface area (Å²) in [6.45, 7) is 6.00. The molecule has 31 heavy (non-hydrogen) atoms. The summed E-state index contributed by atoms with van der Waals surface area (Å²) < 4.78 is 2.10. The molecule has 0 bridgehead atoms. The van der Waals surface area contributed by atoms with E-state index in [1.807, 2.05) is 45.0 Å². The second kappa shape index (κ2) is 8.13. The zero-order valence-electron chi connectivity index (χ0n) is 17.3. The first-order valence-corrected chi connectivity index (χ1v) is 10.5. The Morgan fingerprint density at radius 2 is 1.68 bits per heavy atom. The van der Waals surface area contributed by atoms with E-state index in [1.165, 1.54) is 4.90 Å². The molecule has 2 heterocycles. The molecule has 2 aromatic carbocycles. The number of hydrogen-bond donors (Lipinski definition) is 1. The van der Waals surface area contributed by atoms with Crippen molar-refractivity contribution in [3.05, 3.63) is 87.7 Å². The van der Waals surface area contributed by atoms with Crippen LogP contribution in [0.15, 0.2) is 60.2 Å². The van der Waals surface area contributed by atoms with Crippen LogP contribution in [0.4, 0.5) is 5.69 Å². The van der Waals surface area contributed by atoms with Gasteiger partial charge >= 0.3 is 0 Å². The number of aryl methyl sites for hydroxylation is 2. The van der Waals surface area contributed by atoms with Gasteiger partial charge in [-0.25, -0.2) is 0 Å². The lowest BCUT2D eigenvalue weighted by molar-refractivity contribution is -0.122. The molecule has 3 aromatic rings. The Hall–Kier alpha value is -3.22. The average Bonchev–Trinajstić information content (AvgIpc) is 2.98. The summed E-state index contributed by atoms with van der Waals surface area (Å²) in [7, 11) is 0. The third-order valence-electron chi connectivity index (χ3n) is 5.20. The number of hydrogen-bond acceptors (Lipinski definition) is 3. The third kappa shape index (κ3) is 3.92. The monoisotopic (exact) mass is 449 g/mol. The normalized spacial score (nSPS) is 15.5. The summed E-state index contributed by atoms with van der Waals surface area (Å²) in [5, 5.41) is 3.10.